The second kappa shape index (κ2) is 6.15. The lowest BCUT2D eigenvalue weighted by atomic mass is 10.2. The third kappa shape index (κ3) is 2.64. The van der Waals surface area contributed by atoms with E-state index in [1.54, 1.807) is 25.3 Å². The quantitative estimate of drug-likeness (QED) is 0.728. The number of fused-ring (bicyclic) bond motifs is 1. The predicted molar refractivity (Wildman–Crippen MR) is 85.5 cm³/mol. The average Bonchev–Trinajstić information content (AvgIpc) is 3.04. The molecule has 3 aromatic rings. The van der Waals surface area contributed by atoms with E-state index in [0.29, 0.717) is 40.0 Å². The molecule has 0 amide bonds. The van der Waals surface area contributed by atoms with E-state index in [9.17, 15) is 4.79 Å². The molecule has 0 bridgehead atoms. The summed E-state index contributed by atoms with van der Waals surface area (Å²) in [4.78, 5) is 19.6. The molecule has 24 heavy (non-hydrogen) atoms. The highest BCUT2D eigenvalue weighted by atomic mass is 16.1. The number of carbonyl (C=O) groups excluding carboxylic acids is 1. The van der Waals surface area contributed by atoms with Gasteiger partial charge in [-0.2, -0.15) is 20.3 Å². The van der Waals surface area contributed by atoms with Crippen LogP contribution in [0.3, 0.4) is 0 Å². The molecular formula is C16H11N7O. The van der Waals surface area contributed by atoms with E-state index in [0.717, 1.165) is 0 Å². The van der Waals surface area contributed by atoms with Crippen molar-refractivity contribution in [1.29, 1.82) is 10.5 Å². The number of nitriles is 2. The van der Waals surface area contributed by atoms with Gasteiger partial charge in [-0.15, -0.1) is 0 Å². The third-order valence-electron chi connectivity index (χ3n) is 3.37. The number of hydrogen-bond donors (Lipinski definition) is 1. The van der Waals surface area contributed by atoms with E-state index in [4.69, 9.17) is 10.5 Å². The summed E-state index contributed by atoms with van der Waals surface area (Å²) in [5, 5.41) is 25.7. The lowest BCUT2D eigenvalue weighted by Crippen LogP contribution is -2.14. The molecular weight excluding hydrogens is 306 g/mol. The number of pyridine rings is 2. The molecule has 0 aliphatic rings. The van der Waals surface area contributed by atoms with E-state index in [2.05, 4.69) is 20.4 Å². The Balaban J connectivity index is 2.10. The number of nitrogens with zero attached hydrogens (tertiary/aromatic N) is 6. The normalized spacial score (nSPS) is 11.5. The van der Waals surface area contributed by atoms with Crippen molar-refractivity contribution in [2.75, 3.05) is 5.32 Å². The van der Waals surface area contributed by atoms with Gasteiger partial charge >= 0.3 is 0 Å². The van der Waals surface area contributed by atoms with Crippen LogP contribution in [0.15, 0.2) is 30.7 Å². The van der Waals surface area contributed by atoms with Crippen LogP contribution in [0.2, 0.25) is 0 Å². The maximum absolute atomic E-state index is 11.1. The number of aldehydes is 1. The first-order chi connectivity index (χ1) is 11.7. The maximum atomic E-state index is 11.1. The number of rotatable bonds is 4. The van der Waals surface area contributed by atoms with Gasteiger partial charge in [-0.05, 0) is 13.0 Å². The van der Waals surface area contributed by atoms with Crippen molar-refractivity contribution >= 4 is 23.0 Å². The Morgan fingerprint density at radius 1 is 1.25 bits per heavy atom. The van der Waals surface area contributed by atoms with E-state index >= 15 is 0 Å². The Morgan fingerprint density at radius 2 is 2.08 bits per heavy atom. The number of hydrogen-bond acceptors (Lipinski definition) is 7. The summed E-state index contributed by atoms with van der Waals surface area (Å²) < 4.78 is 1.51. The summed E-state index contributed by atoms with van der Waals surface area (Å²) in [6.45, 7) is 1.68. The van der Waals surface area contributed by atoms with Crippen LogP contribution in [-0.2, 0) is 0 Å². The molecule has 0 spiro atoms. The average molecular weight is 317 g/mol. The first kappa shape index (κ1) is 15.1. The molecule has 3 rings (SSSR count). The van der Waals surface area contributed by atoms with Gasteiger partial charge < -0.3 is 5.32 Å². The molecule has 0 fully saturated rings. The molecule has 0 aliphatic carbocycles. The highest BCUT2D eigenvalue weighted by Crippen LogP contribution is 2.21. The Bertz CT molecular complexity index is 1010. The van der Waals surface area contributed by atoms with Crippen molar-refractivity contribution in [3.63, 3.8) is 0 Å². The standard InChI is InChI=1S/C16H11N7O/c1-10(4-17)22-14-3-15(19-7-13(14)9-24)23-16-12(8-21-23)2-11(5-18)6-20-16/h2-3,6-10H,1H3,(H,19,22). The van der Waals surface area contributed by atoms with Gasteiger partial charge in [0.15, 0.2) is 17.8 Å². The third-order valence-corrected chi connectivity index (χ3v) is 3.37. The van der Waals surface area contributed by atoms with E-state index in [1.165, 1.54) is 17.1 Å². The molecule has 0 radical (unpaired) electrons. The molecule has 0 saturated carbocycles. The van der Waals surface area contributed by atoms with Gasteiger partial charge in [0, 0.05) is 23.8 Å². The van der Waals surface area contributed by atoms with Gasteiger partial charge in [-0.3, -0.25) is 4.79 Å². The smallest absolute Gasteiger partial charge is 0.164 e. The fraction of sp³-hybridized carbons (Fsp3) is 0.125. The number of anilines is 1. The molecule has 0 saturated heterocycles. The minimum absolute atomic E-state index is 0.344. The maximum Gasteiger partial charge on any atom is 0.164 e. The van der Waals surface area contributed by atoms with Crippen LogP contribution < -0.4 is 5.32 Å². The van der Waals surface area contributed by atoms with E-state index in [1.807, 2.05) is 12.1 Å². The van der Waals surface area contributed by atoms with Crippen molar-refractivity contribution in [3.8, 4) is 18.0 Å². The van der Waals surface area contributed by atoms with E-state index in [-0.39, 0.29) is 0 Å². The SMILES string of the molecule is CC(C#N)Nc1cc(-n2ncc3cc(C#N)cnc32)ncc1C=O. The van der Waals surface area contributed by atoms with Gasteiger partial charge in [-0.25, -0.2) is 9.97 Å². The summed E-state index contributed by atoms with van der Waals surface area (Å²) in [7, 11) is 0. The molecule has 3 aromatic heterocycles. The van der Waals surface area contributed by atoms with Gasteiger partial charge in [0.2, 0.25) is 0 Å². The fourth-order valence-electron chi connectivity index (χ4n) is 2.21. The van der Waals surface area contributed by atoms with Crippen molar-refractivity contribution < 1.29 is 4.79 Å². The molecule has 0 aliphatic heterocycles. The summed E-state index contributed by atoms with van der Waals surface area (Å²) in [5.41, 5.74) is 1.81. The Labute approximate surface area is 137 Å². The molecule has 1 unspecified atom stereocenters. The van der Waals surface area contributed by atoms with Crippen molar-refractivity contribution in [1.82, 2.24) is 19.7 Å². The monoisotopic (exact) mass is 317 g/mol. The minimum atomic E-state index is -0.468. The van der Waals surface area contributed by atoms with Crippen LogP contribution in [0.5, 0.6) is 0 Å². The van der Waals surface area contributed by atoms with Crippen LogP contribution in [-0.4, -0.2) is 32.1 Å². The highest BCUT2D eigenvalue weighted by molar-refractivity contribution is 5.85. The molecule has 0 aromatic carbocycles. The molecule has 1 N–H and O–H groups in total. The molecule has 3 heterocycles. The molecule has 8 nitrogen and oxygen atoms in total. The molecule has 116 valence electrons. The predicted octanol–water partition coefficient (Wildman–Crippen LogP) is 1.82. The first-order valence-electron chi connectivity index (χ1n) is 7.02. The first-order valence-corrected chi connectivity index (χ1v) is 7.02. The summed E-state index contributed by atoms with van der Waals surface area (Å²) in [5.74, 6) is 0.445. The van der Waals surface area contributed by atoms with Gasteiger partial charge in [-0.1, -0.05) is 0 Å². The Morgan fingerprint density at radius 3 is 2.79 bits per heavy atom. The van der Waals surface area contributed by atoms with Gasteiger partial charge in [0.05, 0.1) is 29.1 Å². The second-order valence-corrected chi connectivity index (χ2v) is 5.05. The topological polar surface area (TPSA) is 120 Å². The number of carbonyl (C=O) groups is 1. The molecule has 1 atom stereocenters. The van der Waals surface area contributed by atoms with Crippen LogP contribution in [0.4, 0.5) is 5.69 Å². The van der Waals surface area contributed by atoms with Crippen molar-refractivity contribution in [2.24, 2.45) is 0 Å². The lowest BCUT2D eigenvalue weighted by molar-refractivity contribution is 0.112. The van der Waals surface area contributed by atoms with Crippen LogP contribution in [0.1, 0.15) is 22.8 Å². The second-order valence-electron chi connectivity index (χ2n) is 5.05. The highest BCUT2D eigenvalue weighted by Gasteiger charge is 2.12. The van der Waals surface area contributed by atoms with Crippen LogP contribution >= 0.6 is 0 Å². The largest absolute Gasteiger partial charge is 0.369 e. The zero-order chi connectivity index (χ0) is 17.1. The summed E-state index contributed by atoms with van der Waals surface area (Å²) in [6, 6.07) is 6.92. The zero-order valence-electron chi connectivity index (χ0n) is 12.6. The Hall–Kier alpha value is -3.78. The van der Waals surface area contributed by atoms with E-state index < -0.39 is 6.04 Å². The van der Waals surface area contributed by atoms with Crippen LogP contribution in [0.25, 0.3) is 16.9 Å². The van der Waals surface area contributed by atoms with Crippen molar-refractivity contribution in [2.45, 2.75) is 13.0 Å². The Kier molecular flexibility index (Phi) is 3.87. The summed E-state index contributed by atoms with van der Waals surface area (Å²) >= 11 is 0. The fourth-order valence-corrected chi connectivity index (χ4v) is 2.21. The zero-order valence-corrected chi connectivity index (χ0v) is 12.6. The lowest BCUT2D eigenvalue weighted by Gasteiger charge is -2.11. The van der Waals surface area contributed by atoms with Crippen molar-refractivity contribution in [3.05, 3.63) is 41.9 Å². The van der Waals surface area contributed by atoms with Gasteiger partial charge in [0.25, 0.3) is 0 Å². The summed E-state index contributed by atoms with van der Waals surface area (Å²) in [6.07, 6.45) is 5.12. The van der Waals surface area contributed by atoms with Gasteiger partial charge in [0.1, 0.15) is 12.1 Å². The minimum Gasteiger partial charge on any atom is -0.369 e. The van der Waals surface area contributed by atoms with Crippen LogP contribution in [0, 0.1) is 22.7 Å². The number of aromatic nitrogens is 4. The number of nitrogens with one attached hydrogen (secondary N) is 1. The molecule has 8 heteroatoms.